The second kappa shape index (κ2) is 4.96. The highest BCUT2D eigenvalue weighted by molar-refractivity contribution is 9.09. The van der Waals surface area contributed by atoms with Gasteiger partial charge in [-0.1, -0.05) is 28.9 Å². The van der Waals surface area contributed by atoms with E-state index in [9.17, 15) is 4.39 Å². The van der Waals surface area contributed by atoms with E-state index in [0.717, 1.165) is 12.0 Å². The van der Waals surface area contributed by atoms with E-state index in [1.807, 2.05) is 19.9 Å². The van der Waals surface area contributed by atoms with Crippen LogP contribution < -0.4 is 0 Å². The van der Waals surface area contributed by atoms with Gasteiger partial charge in [-0.15, -0.1) is 10.2 Å². The van der Waals surface area contributed by atoms with E-state index in [0.29, 0.717) is 11.5 Å². The van der Waals surface area contributed by atoms with E-state index in [1.54, 1.807) is 6.07 Å². The molecule has 5 heteroatoms. The molecule has 0 bridgehead atoms. The Labute approximate surface area is 107 Å². The minimum Gasteiger partial charge on any atom is -0.419 e. The molecule has 0 aliphatic heterocycles. The van der Waals surface area contributed by atoms with Crippen LogP contribution in [0.4, 0.5) is 4.39 Å². The summed E-state index contributed by atoms with van der Waals surface area (Å²) in [7, 11) is 0. The summed E-state index contributed by atoms with van der Waals surface area (Å²) in [6, 6.07) is 4.91. The van der Waals surface area contributed by atoms with Crippen molar-refractivity contribution in [3.63, 3.8) is 0 Å². The van der Waals surface area contributed by atoms with E-state index in [1.165, 1.54) is 6.07 Å². The van der Waals surface area contributed by atoms with Gasteiger partial charge in [-0.25, -0.2) is 4.39 Å². The Kier molecular flexibility index (Phi) is 3.57. The van der Waals surface area contributed by atoms with Crippen molar-refractivity contribution < 1.29 is 8.81 Å². The molecule has 1 unspecified atom stereocenters. The van der Waals surface area contributed by atoms with Crippen LogP contribution in [0.25, 0.3) is 11.5 Å². The summed E-state index contributed by atoms with van der Waals surface area (Å²) >= 11 is 3.41. The Morgan fingerprint density at radius 3 is 2.82 bits per heavy atom. The van der Waals surface area contributed by atoms with Crippen molar-refractivity contribution in [3.8, 4) is 11.5 Å². The molecule has 0 aliphatic rings. The first-order chi connectivity index (χ1) is 8.11. The van der Waals surface area contributed by atoms with Crippen LogP contribution in [0.2, 0.25) is 0 Å². The monoisotopic (exact) mass is 298 g/mol. The molecule has 0 radical (unpaired) electrons. The smallest absolute Gasteiger partial charge is 0.250 e. The topological polar surface area (TPSA) is 38.9 Å². The molecule has 2 rings (SSSR count). The van der Waals surface area contributed by atoms with Crippen molar-refractivity contribution in [2.24, 2.45) is 0 Å². The molecule has 0 aliphatic carbocycles. The van der Waals surface area contributed by atoms with Crippen molar-refractivity contribution in [3.05, 3.63) is 35.5 Å². The number of hydrogen-bond acceptors (Lipinski definition) is 3. The summed E-state index contributed by atoms with van der Waals surface area (Å²) in [5, 5.41) is 7.76. The van der Waals surface area contributed by atoms with Crippen LogP contribution in [-0.2, 0) is 0 Å². The van der Waals surface area contributed by atoms with E-state index in [4.69, 9.17) is 4.42 Å². The number of hydrogen-bond donors (Lipinski definition) is 0. The predicted octanol–water partition coefficient (Wildman–Crippen LogP) is 4.03. The second-order valence-electron chi connectivity index (χ2n) is 3.80. The number of nitrogens with zero attached hydrogens (tertiary/aromatic N) is 2. The lowest BCUT2D eigenvalue weighted by Gasteiger charge is -2.00. The molecule has 1 aromatic carbocycles. The van der Waals surface area contributed by atoms with Gasteiger partial charge in [0.15, 0.2) is 0 Å². The molecule has 1 atom stereocenters. The fraction of sp³-hybridized carbons (Fsp3) is 0.333. The van der Waals surface area contributed by atoms with Crippen LogP contribution in [-0.4, -0.2) is 10.2 Å². The van der Waals surface area contributed by atoms with Crippen LogP contribution in [0.15, 0.2) is 22.6 Å². The molecule has 0 amide bonds. The highest BCUT2D eigenvalue weighted by Crippen LogP contribution is 2.28. The largest absolute Gasteiger partial charge is 0.419 e. The number of aryl methyl sites for hydroxylation is 1. The van der Waals surface area contributed by atoms with Gasteiger partial charge in [0, 0.05) is 0 Å². The molecule has 0 saturated carbocycles. The van der Waals surface area contributed by atoms with Crippen LogP contribution in [0.3, 0.4) is 0 Å². The van der Waals surface area contributed by atoms with Gasteiger partial charge in [0.2, 0.25) is 5.89 Å². The minimum absolute atomic E-state index is 0.0114. The minimum atomic E-state index is -0.345. The average Bonchev–Trinajstić information content (AvgIpc) is 2.77. The average molecular weight is 299 g/mol. The zero-order chi connectivity index (χ0) is 12.4. The van der Waals surface area contributed by atoms with Gasteiger partial charge >= 0.3 is 0 Å². The summed E-state index contributed by atoms with van der Waals surface area (Å²) in [6.45, 7) is 3.83. The molecule has 0 N–H and O–H groups in total. The van der Waals surface area contributed by atoms with E-state index in [2.05, 4.69) is 26.1 Å². The summed E-state index contributed by atoms with van der Waals surface area (Å²) < 4.78 is 19.1. The second-order valence-corrected chi connectivity index (χ2v) is 4.91. The van der Waals surface area contributed by atoms with E-state index in [-0.39, 0.29) is 16.5 Å². The van der Waals surface area contributed by atoms with Gasteiger partial charge in [0.25, 0.3) is 5.89 Å². The quantitative estimate of drug-likeness (QED) is 0.803. The molecule has 17 heavy (non-hydrogen) atoms. The standard InChI is InChI=1S/C12H12BrFN2O/c1-3-9(13)12-16-15-11(17-12)8-5-4-7(2)6-10(8)14/h4-6,9H,3H2,1-2H3. The van der Waals surface area contributed by atoms with Gasteiger partial charge < -0.3 is 4.42 Å². The lowest BCUT2D eigenvalue weighted by molar-refractivity contribution is 0.496. The van der Waals surface area contributed by atoms with Gasteiger partial charge in [0.1, 0.15) is 5.82 Å². The summed E-state index contributed by atoms with van der Waals surface area (Å²) in [5.41, 5.74) is 1.20. The maximum Gasteiger partial charge on any atom is 0.250 e. The Hall–Kier alpha value is -1.23. The zero-order valence-corrected chi connectivity index (χ0v) is 11.2. The Morgan fingerprint density at radius 2 is 2.18 bits per heavy atom. The molecule has 2 aromatic rings. The third-order valence-corrected chi connectivity index (χ3v) is 3.46. The van der Waals surface area contributed by atoms with Crippen molar-refractivity contribution in [2.45, 2.75) is 25.1 Å². The molecule has 3 nitrogen and oxygen atoms in total. The number of aromatic nitrogens is 2. The van der Waals surface area contributed by atoms with E-state index < -0.39 is 0 Å². The lowest BCUT2D eigenvalue weighted by Crippen LogP contribution is -1.86. The Balaban J connectivity index is 2.37. The summed E-state index contributed by atoms with van der Waals surface area (Å²) in [4.78, 5) is 0.0114. The van der Waals surface area contributed by atoms with Crippen LogP contribution in [0.5, 0.6) is 0 Å². The number of halogens is 2. The first-order valence-electron chi connectivity index (χ1n) is 5.35. The first kappa shape index (κ1) is 12.2. The third-order valence-electron chi connectivity index (χ3n) is 2.42. The number of rotatable bonds is 3. The van der Waals surface area contributed by atoms with Crippen LogP contribution in [0, 0.1) is 12.7 Å². The van der Waals surface area contributed by atoms with Crippen molar-refractivity contribution in [1.29, 1.82) is 0 Å². The SMILES string of the molecule is CCC(Br)c1nnc(-c2ccc(C)cc2F)o1. The molecule has 0 spiro atoms. The fourth-order valence-electron chi connectivity index (χ4n) is 1.44. The van der Waals surface area contributed by atoms with Crippen molar-refractivity contribution in [2.75, 3.05) is 0 Å². The molecule has 1 aromatic heterocycles. The van der Waals surface area contributed by atoms with Gasteiger partial charge in [0.05, 0.1) is 10.4 Å². The highest BCUT2D eigenvalue weighted by atomic mass is 79.9. The maximum atomic E-state index is 13.7. The lowest BCUT2D eigenvalue weighted by atomic mass is 10.1. The molecule has 1 heterocycles. The van der Waals surface area contributed by atoms with E-state index >= 15 is 0 Å². The van der Waals surface area contributed by atoms with Crippen molar-refractivity contribution >= 4 is 15.9 Å². The Bertz CT molecular complexity index is 527. The van der Waals surface area contributed by atoms with Crippen LogP contribution in [0.1, 0.15) is 29.6 Å². The van der Waals surface area contributed by atoms with Gasteiger partial charge in [-0.3, -0.25) is 0 Å². The fourth-order valence-corrected chi connectivity index (χ4v) is 1.62. The Morgan fingerprint density at radius 1 is 1.41 bits per heavy atom. The molecule has 0 fully saturated rings. The molecular formula is C12H12BrFN2O. The summed E-state index contributed by atoms with van der Waals surface area (Å²) in [5.74, 6) is 0.348. The van der Waals surface area contributed by atoms with Crippen LogP contribution >= 0.6 is 15.9 Å². The van der Waals surface area contributed by atoms with Gasteiger partial charge in [-0.2, -0.15) is 0 Å². The normalized spacial score (nSPS) is 12.7. The predicted molar refractivity (Wildman–Crippen MR) is 66.4 cm³/mol. The molecular weight excluding hydrogens is 287 g/mol. The van der Waals surface area contributed by atoms with Crippen molar-refractivity contribution in [1.82, 2.24) is 10.2 Å². The highest BCUT2D eigenvalue weighted by Gasteiger charge is 2.16. The third kappa shape index (κ3) is 2.54. The number of benzene rings is 1. The maximum absolute atomic E-state index is 13.7. The zero-order valence-electron chi connectivity index (χ0n) is 9.58. The number of alkyl halides is 1. The first-order valence-corrected chi connectivity index (χ1v) is 6.27. The molecule has 90 valence electrons. The summed E-state index contributed by atoms with van der Waals surface area (Å²) in [6.07, 6.45) is 0.831. The van der Waals surface area contributed by atoms with Gasteiger partial charge in [-0.05, 0) is 31.0 Å². The molecule has 0 saturated heterocycles.